The number of nitrogens with zero attached hydrogens (tertiary/aromatic N) is 2. The molecule has 1 heterocycles. The van der Waals surface area contributed by atoms with Crippen molar-refractivity contribution < 1.29 is 18.1 Å². The van der Waals surface area contributed by atoms with Gasteiger partial charge >= 0.3 is 0 Å². The van der Waals surface area contributed by atoms with E-state index in [1.54, 1.807) is 0 Å². The first kappa shape index (κ1) is 17.1. The van der Waals surface area contributed by atoms with Gasteiger partial charge in [0, 0.05) is 31.7 Å². The standard InChI is InChI=1S/C14H20N4O5S/c15-24(21,22)12-3-4-13(14(7-12)18(19)20)16-8-11-9-17(5-6-23-11)10-1-2-10/h3-4,7,10-11,16H,1-2,5-6,8-9H2,(H2,15,21,22). The molecule has 1 aliphatic carbocycles. The van der Waals surface area contributed by atoms with Crippen LogP contribution >= 0.6 is 0 Å². The molecule has 1 saturated carbocycles. The Morgan fingerprint density at radius 1 is 1.42 bits per heavy atom. The number of primary sulfonamides is 1. The number of hydrogen-bond donors (Lipinski definition) is 2. The monoisotopic (exact) mass is 356 g/mol. The summed E-state index contributed by atoms with van der Waals surface area (Å²) in [4.78, 5) is 12.7. The molecule has 9 nitrogen and oxygen atoms in total. The van der Waals surface area contributed by atoms with Gasteiger partial charge in [0.15, 0.2) is 0 Å². The molecular formula is C14H20N4O5S. The van der Waals surface area contributed by atoms with Crippen LogP contribution in [0.5, 0.6) is 0 Å². The molecule has 1 saturated heterocycles. The highest BCUT2D eigenvalue weighted by atomic mass is 32.2. The van der Waals surface area contributed by atoms with Crippen LogP contribution in [-0.2, 0) is 14.8 Å². The lowest BCUT2D eigenvalue weighted by atomic mass is 10.2. The summed E-state index contributed by atoms with van der Waals surface area (Å²) >= 11 is 0. The van der Waals surface area contributed by atoms with E-state index in [2.05, 4.69) is 10.2 Å². The summed E-state index contributed by atoms with van der Waals surface area (Å²) in [5, 5.41) is 19.2. The zero-order valence-corrected chi connectivity index (χ0v) is 13.9. The lowest BCUT2D eigenvalue weighted by molar-refractivity contribution is -0.384. The van der Waals surface area contributed by atoms with Gasteiger partial charge in [-0.05, 0) is 25.0 Å². The molecule has 1 aromatic carbocycles. The quantitative estimate of drug-likeness (QED) is 0.561. The van der Waals surface area contributed by atoms with Crippen LogP contribution in [0.15, 0.2) is 23.1 Å². The van der Waals surface area contributed by atoms with Gasteiger partial charge in [0.05, 0.1) is 22.5 Å². The van der Waals surface area contributed by atoms with Gasteiger partial charge in [0.2, 0.25) is 10.0 Å². The zero-order valence-electron chi connectivity index (χ0n) is 13.1. The van der Waals surface area contributed by atoms with Crippen LogP contribution in [0.25, 0.3) is 0 Å². The number of nitrogens with one attached hydrogen (secondary N) is 1. The SMILES string of the molecule is NS(=O)(=O)c1ccc(NCC2CN(C3CC3)CCO2)c([N+](=O)[O-])c1. The maximum atomic E-state index is 11.3. The highest BCUT2D eigenvalue weighted by Crippen LogP contribution is 2.29. The Morgan fingerprint density at radius 2 is 2.17 bits per heavy atom. The molecule has 10 heteroatoms. The van der Waals surface area contributed by atoms with Crippen molar-refractivity contribution >= 4 is 21.4 Å². The Labute approximate surface area is 140 Å². The van der Waals surface area contributed by atoms with E-state index in [0.717, 1.165) is 19.2 Å². The van der Waals surface area contributed by atoms with Crippen LogP contribution in [0.1, 0.15) is 12.8 Å². The summed E-state index contributed by atoms with van der Waals surface area (Å²) in [6.07, 6.45) is 2.39. The van der Waals surface area contributed by atoms with Gasteiger partial charge in [-0.25, -0.2) is 13.6 Å². The summed E-state index contributed by atoms with van der Waals surface area (Å²) in [6.45, 7) is 2.78. The molecule has 0 spiro atoms. The summed E-state index contributed by atoms with van der Waals surface area (Å²) in [5.41, 5.74) is -0.0732. The molecule has 1 aliphatic heterocycles. The molecule has 0 amide bonds. The lowest BCUT2D eigenvalue weighted by Gasteiger charge is -2.33. The van der Waals surface area contributed by atoms with Gasteiger partial charge in [-0.2, -0.15) is 0 Å². The maximum Gasteiger partial charge on any atom is 0.293 e. The number of anilines is 1. The summed E-state index contributed by atoms with van der Waals surface area (Å²) in [5.74, 6) is 0. The molecule has 0 radical (unpaired) electrons. The van der Waals surface area contributed by atoms with Gasteiger partial charge in [0.25, 0.3) is 5.69 Å². The third kappa shape index (κ3) is 4.01. The third-order valence-electron chi connectivity index (χ3n) is 4.25. The predicted molar refractivity (Wildman–Crippen MR) is 87.3 cm³/mol. The van der Waals surface area contributed by atoms with Crippen LogP contribution in [0.2, 0.25) is 0 Å². The fourth-order valence-corrected chi connectivity index (χ4v) is 3.38. The van der Waals surface area contributed by atoms with Gasteiger partial charge in [-0.1, -0.05) is 0 Å². The largest absolute Gasteiger partial charge is 0.377 e. The Kier molecular flexibility index (Phi) is 4.72. The highest BCUT2D eigenvalue weighted by molar-refractivity contribution is 7.89. The van der Waals surface area contributed by atoms with Gasteiger partial charge in [0.1, 0.15) is 5.69 Å². The molecule has 1 atom stereocenters. The Balaban J connectivity index is 1.69. The fraction of sp³-hybridized carbons (Fsp3) is 0.571. The van der Waals surface area contributed by atoms with E-state index in [1.807, 2.05) is 0 Å². The molecule has 0 aromatic heterocycles. The highest BCUT2D eigenvalue weighted by Gasteiger charge is 2.33. The molecule has 3 N–H and O–H groups in total. The van der Waals surface area contributed by atoms with Crippen molar-refractivity contribution in [3.05, 3.63) is 28.3 Å². The number of hydrogen-bond acceptors (Lipinski definition) is 7. The first-order valence-corrected chi connectivity index (χ1v) is 9.30. The van der Waals surface area contributed by atoms with Crippen molar-refractivity contribution in [2.45, 2.75) is 29.9 Å². The first-order valence-electron chi connectivity index (χ1n) is 7.75. The van der Waals surface area contributed by atoms with E-state index in [9.17, 15) is 18.5 Å². The van der Waals surface area contributed by atoms with Crippen LogP contribution in [0.3, 0.4) is 0 Å². The summed E-state index contributed by atoms with van der Waals surface area (Å²) in [7, 11) is -3.98. The Hall–Kier alpha value is -1.75. The smallest absolute Gasteiger partial charge is 0.293 e. The second-order valence-electron chi connectivity index (χ2n) is 6.08. The van der Waals surface area contributed by atoms with E-state index in [-0.39, 0.29) is 22.4 Å². The molecule has 1 aromatic rings. The number of benzene rings is 1. The first-order chi connectivity index (χ1) is 11.3. The number of morpholine rings is 1. The second kappa shape index (κ2) is 6.63. The van der Waals surface area contributed by atoms with E-state index >= 15 is 0 Å². The molecule has 2 fully saturated rings. The Bertz CT molecular complexity index is 735. The minimum absolute atomic E-state index is 0.0585. The number of rotatable bonds is 6. The third-order valence-corrected chi connectivity index (χ3v) is 5.16. The molecule has 3 rings (SSSR count). The van der Waals surface area contributed by atoms with Crippen LogP contribution in [0.4, 0.5) is 11.4 Å². The number of nitro benzene ring substituents is 1. The van der Waals surface area contributed by atoms with Crippen LogP contribution < -0.4 is 10.5 Å². The van der Waals surface area contributed by atoms with Crippen LogP contribution in [0, 0.1) is 10.1 Å². The van der Waals surface area contributed by atoms with Gasteiger partial charge in [-0.3, -0.25) is 15.0 Å². The molecule has 2 aliphatic rings. The van der Waals surface area contributed by atoms with Crippen molar-refractivity contribution in [1.82, 2.24) is 4.90 Å². The summed E-state index contributed by atoms with van der Waals surface area (Å²) in [6, 6.07) is 4.23. The molecule has 24 heavy (non-hydrogen) atoms. The Morgan fingerprint density at radius 3 is 2.79 bits per heavy atom. The number of ether oxygens (including phenoxy) is 1. The number of nitrogens with two attached hydrogens (primary N) is 1. The van der Waals surface area contributed by atoms with Crippen molar-refractivity contribution in [2.24, 2.45) is 5.14 Å². The summed E-state index contributed by atoms with van der Waals surface area (Å²) < 4.78 is 28.4. The average molecular weight is 356 g/mol. The van der Waals surface area contributed by atoms with E-state index in [0.29, 0.717) is 19.2 Å². The van der Waals surface area contributed by atoms with Gasteiger partial charge in [-0.15, -0.1) is 0 Å². The van der Waals surface area contributed by atoms with Crippen molar-refractivity contribution in [3.8, 4) is 0 Å². The predicted octanol–water partition coefficient (Wildman–Crippen LogP) is 0.517. The topological polar surface area (TPSA) is 128 Å². The van der Waals surface area contributed by atoms with Crippen molar-refractivity contribution in [1.29, 1.82) is 0 Å². The van der Waals surface area contributed by atoms with E-state index in [4.69, 9.17) is 9.88 Å². The molecule has 0 bridgehead atoms. The van der Waals surface area contributed by atoms with Gasteiger partial charge < -0.3 is 10.1 Å². The normalized spacial score (nSPS) is 22.3. The molecular weight excluding hydrogens is 336 g/mol. The minimum atomic E-state index is -3.98. The van der Waals surface area contributed by atoms with Crippen molar-refractivity contribution in [3.63, 3.8) is 0 Å². The maximum absolute atomic E-state index is 11.3. The molecule has 1 unspecified atom stereocenters. The number of nitro groups is 1. The van der Waals surface area contributed by atoms with E-state index < -0.39 is 14.9 Å². The van der Waals surface area contributed by atoms with Crippen molar-refractivity contribution in [2.75, 3.05) is 31.6 Å². The molecule has 132 valence electrons. The van der Waals surface area contributed by atoms with E-state index in [1.165, 1.54) is 25.0 Å². The lowest BCUT2D eigenvalue weighted by Crippen LogP contribution is -2.46. The average Bonchev–Trinajstić information content (AvgIpc) is 3.37. The second-order valence-corrected chi connectivity index (χ2v) is 7.64. The minimum Gasteiger partial charge on any atom is -0.377 e. The zero-order chi connectivity index (χ0) is 17.3. The fourth-order valence-electron chi connectivity index (χ4n) is 2.85. The number of sulfonamides is 1. The van der Waals surface area contributed by atoms with Crippen LogP contribution in [-0.4, -0.2) is 56.6 Å².